The van der Waals surface area contributed by atoms with E-state index in [1.165, 1.54) is 0 Å². The molecule has 1 aliphatic heterocycles. The van der Waals surface area contributed by atoms with Crippen molar-refractivity contribution >= 4 is 11.4 Å². The molecule has 1 fully saturated rings. The summed E-state index contributed by atoms with van der Waals surface area (Å²) in [5.74, 6) is -6.83. The Labute approximate surface area is 158 Å². The van der Waals surface area contributed by atoms with Crippen LogP contribution in [0.15, 0.2) is 24.3 Å². The van der Waals surface area contributed by atoms with Gasteiger partial charge in [-0.3, -0.25) is 0 Å². The van der Waals surface area contributed by atoms with Crippen molar-refractivity contribution in [3.63, 3.8) is 0 Å². The third kappa shape index (κ3) is 3.89. The lowest BCUT2D eigenvalue weighted by Gasteiger charge is -2.33. The van der Waals surface area contributed by atoms with E-state index in [9.17, 15) is 26.3 Å². The van der Waals surface area contributed by atoms with Crippen molar-refractivity contribution in [3.05, 3.63) is 59.2 Å². The van der Waals surface area contributed by atoms with Gasteiger partial charge in [0.15, 0.2) is 23.3 Å². The van der Waals surface area contributed by atoms with Crippen LogP contribution in [0.1, 0.15) is 19.8 Å². The third-order valence-corrected chi connectivity index (χ3v) is 4.42. The number of unbranched alkanes of at least 4 members (excludes halogenated alkanes) is 1. The molecule has 9 heteroatoms. The first-order chi connectivity index (χ1) is 13.3. The molecule has 0 amide bonds. The molecular formula is C19H18F6N2O. The summed E-state index contributed by atoms with van der Waals surface area (Å²) >= 11 is 0. The standard InChI is InChI=1S/C19H18F6N2O/c1-2-3-6-28-19-26(17-13(22)7-11(20)8-14(17)23)4-5-27(19)18-15(24)9-12(21)10-16(18)25/h7-10,19H,2-6H2,1H3. The van der Waals surface area contributed by atoms with Crippen molar-refractivity contribution in [1.29, 1.82) is 0 Å². The Kier molecular flexibility index (Phi) is 6.02. The SMILES string of the molecule is CCCCOC1N(c2c(F)cc(F)cc2F)CCN1c1c(F)cc(F)cc1F. The number of rotatable bonds is 6. The second kappa shape index (κ2) is 8.30. The van der Waals surface area contributed by atoms with Gasteiger partial charge in [0.05, 0.1) is 6.61 Å². The number of hydrogen-bond acceptors (Lipinski definition) is 3. The number of ether oxygens (including phenoxy) is 1. The maximum Gasteiger partial charge on any atom is 0.210 e. The van der Waals surface area contributed by atoms with E-state index < -0.39 is 52.6 Å². The minimum absolute atomic E-state index is 0.0491. The van der Waals surface area contributed by atoms with Gasteiger partial charge in [0.1, 0.15) is 23.0 Å². The van der Waals surface area contributed by atoms with Gasteiger partial charge in [0.25, 0.3) is 0 Å². The highest BCUT2D eigenvalue weighted by Crippen LogP contribution is 2.35. The van der Waals surface area contributed by atoms with E-state index in [0.29, 0.717) is 30.7 Å². The van der Waals surface area contributed by atoms with Crippen LogP contribution < -0.4 is 9.80 Å². The number of nitrogens with zero attached hydrogens (tertiary/aromatic N) is 2. The Morgan fingerprint density at radius 1 is 0.786 bits per heavy atom. The molecule has 1 saturated heterocycles. The van der Waals surface area contributed by atoms with Gasteiger partial charge in [-0.1, -0.05) is 13.3 Å². The molecule has 0 N–H and O–H groups in total. The first-order valence-electron chi connectivity index (χ1n) is 8.77. The van der Waals surface area contributed by atoms with Crippen LogP contribution in [0.5, 0.6) is 0 Å². The van der Waals surface area contributed by atoms with Gasteiger partial charge in [0.2, 0.25) is 6.35 Å². The molecule has 28 heavy (non-hydrogen) atoms. The fraction of sp³-hybridized carbons (Fsp3) is 0.368. The summed E-state index contributed by atoms with van der Waals surface area (Å²) in [6.07, 6.45) is 0.0992. The average molecular weight is 404 g/mol. The Morgan fingerprint density at radius 3 is 1.54 bits per heavy atom. The zero-order chi connectivity index (χ0) is 20.4. The minimum Gasteiger partial charge on any atom is -0.340 e. The molecule has 0 aromatic heterocycles. The molecule has 1 aliphatic rings. The van der Waals surface area contributed by atoms with E-state index in [1.807, 2.05) is 6.92 Å². The second-order valence-corrected chi connectivity index (χ2v) is 6.37. The van der Waals surface area contributed by atoms with Gasteiger partial charge in [-0.2, -0.15) is 0 Å². The van der Waals surface area contributed by atoms with Crippen LogP contribution in [-0.4, -0.2) is 26.0 Å². The molecular weight excluding hydrogens is 386 g/mol. The Morgan fingerprint density at radius 2 is 1.18 bits per heavy atom. The smallest absolute Gasteiger partial charge is 0.210 e. The van der Waals surface area contributed by atoms with Crippen LogP contribution in [0.2, 0.25) is 0 Å². The largest absolute Gasteiger partial charge is 0.340 e. The Balaban J connectivity index is 2.02. The van der Waals surface area contributed by atoms with Crippen LogP contribution in [-0.2, 0) is 4.74 Å². The van der Waals surface area contributed by atoms with E-state index in [2.05, 4.69) is 0 Å². The molecule has 2 aromatic carbocycles. The van der Waals surface area contributed by atoms with Gasteiger partial charge in [-0.05, 0) is 6.42 Å². The maximum atomic E-state index is 14.3. The van der Waals surface area contributed by atoms with Crippen LogP contribution in [0.3, 0.4) is 0 Å². The monoisotopic (exact) mass is 404 g/mol. The molecule has 0 radical (unpaired) electrons. The molecule has 0 saturated carbocycles. The van der Waals surface area contributed by atoms with Crippen LogP contribution in [0.25, 0.3) is 0 Å². The zero-order valence-corrected chi connectivity index (χ0v) is 15.0. The number of benzene rings is 2. The molecule has 0 atom stereocenters. The summed E-state index contributed by atoms with van der Waals surface area (Å²) in [5.41, 5.74) is -1.12. The molecule has 2 aromatic rings. The quantitative estimate of drug-likeness (QED) is 0.501. The number of anilines is 2. The molecule has 3 rings (SSSR count). The first kappa shape index (κ1) is 20.3. The zero-order valence-electron chi connectivity index (χ0n) is 15.0. The van der Waals surface area contributed by atoms with Crippen LogP contribution in [0.4, 0.5) is 37.7 Å². The minimum atomic E-state index is -1.25. The number of halogens is 6. The van der Waals surface area contributed by atoms with E-state index in [4.69, 9.17) is 4.74 Å². The van der Waals surface area contributed by atoms with Gasteiger partial charge < -0.3 is 14.5 Å². The average Bonchev–Trinajstić information content (AvgIpc) is 2.97. The summed E-state index contributed by atoms with van der Waals surface area (Å²) in [6.45, 7) is 1.95. The molecule has 0 spiro atoms. The summed E-state index contributed by atoms with van der Waals surface area (Å²) in [6, 6.07) is 2.07. The Hall–Kier alpha value is -2.42. The van der Waals surface area contributed by atoms with E-state index >= 15 is 0 Å². The lowest BCUT2D eigenvalue weighted by Crippen LogP contribution is -2.43. The highest BCUT2D eigenvalue weighted by Gasteiger charge is 2.38. The summed E-state index contributed by atoms with van der Waals surface area (Å²) in [4.78, 5) is 2.25. The molecule has 0 unspecified atom stereocenters. The first-order valence-corrected chi connectivity index (χ1v) is 8.77. The summed E-state index contributed by atoms with van der Waals surface area (Å²) in [5, 5.41) is 0. The van der Waals surface area contributed by atoms with Crippen molar-refractivity contribution in [2.24, 2.45) is 0 Å². The fourth-order valence-electron chi connectivity index (χ4n) is 3.18. The lowest BCUT2D eigenvalue weighted by atomic mass is 10.2. The summed E-state index contributed by atoms with van der Waals surface area (Å²) < 4.78 is 89.2. The van der Waals surface area contributed by atoms with Crippen LogP contribution in [0, 0.1) is 34.9 Å². The summed E-state index contributed by atoms with van der Waals surface area (Å²) in [7, 11) is 0. The van der Waals surface area contributed by atoms with E-state index in [0.717, 1.165) is 16.2 Å². The van der Waals surface area contributed by atoms with Crippen molar-refractivity contribution < 1.29 is 31.1 Å². The van der Waals surface area contributed by atoms with Gasteiger partial charge >= 0.3 is 0 Å². The lowest BCUT2D eigenvalue weighted by molar-refractivity contribution is 0.0593. The predicted octanol–water partition coefficient (Wildman–Crippen LogP) is 4.95. The highest BCUT2D eigenvalue weighted by molar-refractivity contribution is 5.58. The van der Waals surface area contributed by atoms with Crippen molar-refractivity contribution in [1.82, 2.24) is 0 Å². The van der Waals surface area contributed by atoms with E-state index in [1.54, 1.807) is 0 Å². The van der Waals surface area contributed by atoms with Crippen molar-refractivity contribution in [2.45, 2.75) is 26.1 Å². The van der Waals surface area contributed by atoms with Crippen molar-refractivity contribution in [2.75, 3.05) is 29.5 Å². The van der Waals surface area contributed by atoms with Crippen LogP contribution >= 0.6 is 0 Å². The van der Waals surface area contributed by atoms with Gasteiger partial charge in [-0.15, -0.1) is 0 Å². The number of hydrogen-bond donors (Lipinski definition) is 0. The molecule has 0 bridgehead atoms. The van der Waals surface area contributed by atoms with Gasteiger partial charge in [0, 0.05) is 37.4 Å². The molecule has 1 heterocycles. The predicted molar refractivity (Wildman–Crippen MR) is 92.0 cm³/mol. The normalized spacial score (nSPS) is 15.0. The van der Waals surface area contributed by atoms with E-state index in [-0.39, 0.29) is 19.7 Å². The second-order valence-electron chi connectivity index (χ2n) is 6.37. The van der Waals surface area contributed by atoms with Gasteiger partial charge in [-0.25, -0.2) is 26.3 Å². The molecule has 0 aliphatic carbocycles. The topological polar surface area (TPSA) is 15.7 Å². The maximum absolute atomic E-state index is 14.3. The highest BCUT2D eigenvalue weighted by atomic mass is 19.2. The Bertz CT molecular complexity index is 751. The van der Waals surface area contributed by atoms with Crippen molar-refractivity contribution in [3.8, 4) is 0 Å². The molecule has 152 valence electrons. The molecule has 3 nitrogen and oxygen atoms in total. The fourth-order valence-corrected chi connectivity index (χ4v) is 3.18. The third-order valence-electron chi connectivity index (χ3n) is 4.42.